The molecule has 0 saturated carbocycles. The van der Waals surface area contributed by atoms with E-state index in [-0.39, 0.29) is 0 Å². The smallest absolute Gasteiger partial charge is 0.309 e. The van der Waals surface area contributed by atoms with E-state index in [1.54, 1.807) is 0 Å². The topological polar surface area (TPSA) is 172 Å². The highest BCUT2D eigenvalue weighted by Gasteiger charge is 1.60. The van der Waals surface area contributed by atoms with Crippen molar-refractivity contribution >= 4 is 20.6 Å². The summed E-state index contributed by atoms with van der Waals surface area (Å²) in [5.41, 5.74) is 8.50. The van der Waals surface area contributed by atoms with Crippen molar-refractivity contribution in [3.05, 3.63) is 0 Å². The van der Waals surface area contributed by atoms with Crippen LogP contribution < -0.4 is 26.1 Å². The van der Waals surface area contributed by atoms with Crippen molar-refractivity contribution in [2.45, 2.75) is 0 Å². The second kappa shape index (κ2) is 9.05. The van der Waals surface area contributed by atoms with Crippen LogP contribution in [-0.4, -0.2) is 12.8 Å². The van der Waals surface area contributed by atoms with Crippen LogP contribution in [0.3, 0.4) is 0 Å². The Balaban J connectivity index is -0.0000000965. The Morgan fingerprint density at radius 3 is 1.18 bits per heavy atom. The fraction of sp³-hybridized carbons (Fsp3) is 0. The molecule has 0 heterocycles. The third-order valence-corrected chi connectivity index (χ3v) is 0. The molecule has 0 saturated heterocycles. The molecule has 0 atom stereocenters. The van der Waals surface area contributed by atoms with E-state index in [2.05, 4.69) is 11.5 Å². The molecule has 4 N–H and O–H groups in total. The van der Waals surface area contributed by atoms with Crippen LogP contribution in [0, 0.1) is 0 Å². The summed E-state index contributed by atoms with van der Waals surface area (Å²) in [6.07, 6.45) is 0. The van der Waals surface area contributed by atoms with E-state index in [0.29, 0.717) is 0 Å². The molecule has 0 fully saturated rings. The molecule has 0 aromatic rings. The second-order valence-electron chi connectivity index (χ2n) is 0.850. The Hall–Kier alpha value is -0.950. The Morgan fingerprint density at radius 2 is 1.18 bits per heavy atom. The molecule has 8 nitrogen and oxygen atoms in total. The van der Waals surface area contributed by atoms with E-state index in [1.807, 2.05) is 6.79 Å². The molecule has 0 unspecified atom stereocenters. The van der Waals surface area contributed by atoms with Crippen LogP contribution in [0.2, 0.25) is 0 Å². The van der Waals surface area contributed by atoms with Crippen LogP contribution in [-0.2, 0) is 9.36 Å². The maximum Gasteiger partial charge on any atom is 0.309 e. The summed E-state index contributed by atoms with van der Waals surface area (Å²) in [4.78, 5) is 42.6. The minimum atomic E-state index is -5.39. The van der Waals surface area contributed by atoms with Gasteiger partial charge in [0.25, 0.3) is 0 Å². The molecule has 0 aromatic heterocycles. The zero-order valence-electron chi connectivity index (χ0n) is 5.26. The zero-order valence-corrected chi connectivity index (χ0v) is 6.15. The van der Waals surface area contributed by atoms with Gasteiger partial charge in [0.1, 0.15) is 6.79 Å². The van der Waals surface area contributed by atoms with Crippen LogP contribution >= 0.6 is 7.82 Å². The molecule has 0 spiro atoms. The third-order valence-electron chi connectivity index (χ3n) is 0. The first-order valence-electron chi connectivity index (χ1n) is 1.80. The number of urea groups is 1. The summed E-state index contributed by atoms with van der Waals surface area (Å²) in [5, 5.41) is 0. The number of amides is 2. The number of carbonyl (C=O) groups is 2. The number of hydrogen-bond acceptors (Lipinski definition) is 6. The normalized spacial score (nSPS) is 7.91. The lowest BCUT2D eigenvalue weighted by atomic mass is 11.2. The van der Waals surface area contributed by atoms with Gasteiger partial charge in [-0.3, -0.25) is 0 Å². The standard InChI is InChI=1S/CH4N2O.CH2O.H3O4P/c2-1(3)4;1-2;1-5(2,3)4/h(H4,2,3,4);1H2;(H3,1,2,3,4)/p-3. The molecule has 68 valence electrons. The Morgan fingerprint density at radius 1 is 1.18 bits per heavy atom. The molecule has 0 rings (SSSR count). The van der Waals surface area contributed by atoms with Crippen molar-refractivity contribution in [2.75, 3.05) is 0 Å². The quantitative estimate of drug-likeness (QED) is 0.364. The Kier molecular flexibility index (Phi) is 13.6. The average molecular weight is 185 g/mol. The molecule has 0 aromatic carbocycles. The first-order valence-corrected chi connectivity index (χ1v) is 3.26. The van der Waals surface area contributed by atoms with E-state index in [0.717, 1.165) is 0 Å². The van der Waals surface area contributed by atoms with Gasteiger partial charge in [0, 0.05) is 0 Å². The van der Waals surface area contributed by atoms with Crippen molar-refractivity contribution in [3.63, 3.8) is 0 Å². The molecule has 11 heavy (non-hydrogen) atoms. The minimum Gasteiger partial charge on any atom is -0.822 e. The van der Waals surface area contributed by atoms with Crippen molar-refractivity contribution in [1.29, 1.82) is 0 Å². The van der Waals surface area contributed by atoms with Crippen LogP contribution in [0.25, 0.3) is 0 Å². The van der Waals surface area contributed by atoms with Crippen LogP contribution in [0.4, 0.5) is 4.79 Å². The number of nitrogens with two attached hydrogens (primary N) is 2. The molecule has 9 heteroatoms. The minimum absolute atomic E-state index is 0.833. The molecule has 0 aliphatic heterocycles. The van der Waals surface area contributed by atoms with Gasteiger partial charge in [-0.2, -0.15) is 7.82 Å². The summed E-state index contributed by atoms with van der Waals surface area (Å²) in [5.74, 6) is 0. The summed E-state index contributed by atoms with van der Waals surface area (Å²) in [6.45, 7) is 2.00. The molecule has 0 radical (unpaired) electrons. The van der Waals surface area contributed by atoms with Gasteiger partial charge in [-0.15, -0.1) is 0 Å². The van der Waals surface area contributed by atoms with Crippen molar-refractivity contribution < 1.29 is 28.8 Å². The second-order valence-corrected chi connectivity index (χ2v) is 1.74. The largest absolute Gasteiger partial charge is 0.822 e. The maximum absolute atomic E-state index is 9.00. The maximum atomic E-state index is 9.00. The highest BCUT2D eigenvalue weighted by molar-refractivity contribution is 7.40. The number of primary amides is 2. The van der Waals surface area contributed by atoms with E-state index in [9.17, 15) is 0 Å². The molecule has 0 bridgehead atoms. The highest BCUT2D eigenvalue weighted by Crippen LogP contribution is 2.03. The number of carbonyl (C=O) groups excluding carboxylic acids is 2. The van der Waals surface area contributed by atoms with E-state index in [1.165, 1.54) is 0 Å². The Bertz CT molecular complexity index is 129. The van der Waals surface area contributed by atoms with Crippen molar-refractivity contribution in [2.24, 2.45) is 11.5 Å². The van der Waals surface area contributed by atoms with Crippen LogP contribution in [0.5, 0.6) is 0 Å². The highest BCUT2D eigenvalue weighted by atomic mass is 31.2. The zero-order chi connectivity index (χ0) is 10.1. The van der Waals surface area contributed by atoms with Gasteiger partial charge in [-0.1, -0.05) is 0 Å². The molecule has 2 amide bonds. The molecular formula is C2H6N2O6P-3. The first-order chi connectivity index (χ1) is 4.73. The fourth-order valence-electron chi connectivity index (χ4n) is 0. The van der Waals surface area contributed by atoms with Gasteiger partial charge < -0.3 is 35.5 Å². The lowest BCUT2D eigenvalue weighted by Gasteiger charge is -2.36. The molecule has 0 aliphatic carbocycles. The Labute approximate surface area is 62.1 Å². The monoisotopic (exact) mass is 185 g/mol. The van der Waals surface area contributed by atoms with Gasteiger partial charge in [0.2, 0.25) is 0 Å². The van der Waals surface area contributed by atoms with Gasteiger partial charge in [-0.05, 0) is 0 Å². The summed E-state index contributed by atoms with van der Waals surface area (Å²) >= 11 is 0. The van der Waals surface area contributed by atoms with Gasteiger partial charge >= 0.3 is 6.03 Å². The lowest BCUT2D eigenvalue weighted by Crippen LogP contribution is -2.24. The summed E-state index contributed by atoms with van der Waals surface area (Å²) < 4.78 is 8.55. The fourth-order valence-corrected chi connectivity index (χ4v) is 0. The molecule has 0 aliphatic rings. The summed E-state index contributed by atoms with van der Waals surface area (Å²) in [7, 11) is -5.39. The summed E-state index contributed by atoms with van der Waals surface area (Å²) in [6, 6.07) is -0.833. The predicted octanol–water partition coefficient (Wildman–Crippen LogP) is -3.99. The van der Waals surface area contributed by atoms with Crippen molar-refractivity contribution in [3.8, 4) is 0 Å². The third kappa shape index (κ3) is 498. The lowest BCUT2D eigenvalue weighted by molar-refractivity contribution is -0.432. The average Bonchev–Trinajstić information content (AvgIpc) is 1.63. The van der Waals surface area contributed by atoms with Crippen molar-refractivity contribution in [1.82, 2.24) is 0 Å². The SMILES string of the molecule is C=O.NC(N)=O.O=P([O-])([O-])[O-]. The van der Waals surface area contributed by atoms with Crippen LogP contribution in [0.1, 0.15) is 0 Å². The van der Waals surface area contributed by atoms with E-state index < -0.39 is 13.9 Å². The van der Waals surface area contributed by atoms with Crippen LogP contribution in [0.15, 0.2) is 0 Å². The van der Waals surface area contributed by atoms with Gasteiger partial charge in [0.05, 0.1) is 0 Å². The van der Waals surface area contributed by atoms with Gasteiger partial charge in [-0.25, -0.2) is 4.79 Å². The number of phosphoric acid groups is 1. The number of rotatable bonds is 0. The number of hydrogen-bond donors (Lipinski definition) is 2. The molecular weight excluding hydrogens is 179 g/mol. The van der Waals surface area contributed by atoms with E-state index >= 15 is 0 Å². The van der Waals surface area contributed by atoms with Gasteiger partial charge in [0.15, 0.2) is 0 Å². The predicted molar refractivity (Wildman–Crippen MR) is 28.5 cm³/mol. The van der Waals surface area contributed by atoms with E-state index in [4.69, 9.17) is 28.8 Å². The first kappa shape index (κ1) is 16.6.